The Kier molecular flexibility index (Phi) is 3.57. The van der Waals surface area contributed by atoms with Gasteiger partial charge in [0.15, 0.2) is 11.5 Å². The summed E-state index contributed by atoms with van der Waals surface area (Å²) in [6.07, 6.45) is 3.30. The summed E-state index contributed by atoms with van der Waals surface area (Å²) in [4.78, 5) is 28.9. The summed E-state index contributed by atoms with van der Waals surface area (Å²) < 4.78 is 26.1. The summed E-state index contributed by atoms with van der Waals surface area (Å²) >= 11 is 0. The number of amides is 2. The van der Waals surface area contributed by atoms with Crippen molar-refractivity contribution >= 4 is 11.8 Å². The number of nitrogens with one attached hydrogen (secondary N) is 1. The lowest BCUT2D eigenvalue weighted by atomic mass is 10.1. The van der Waals surface area contributed by atoms with E-state index in [0.717, 1.165) is 19.0 Å². The molecular formula is C14H15F2N3O2. The van der Waals surface area contributed by atoms with Crippen molar-refractivity contribution in [3.63, 3.8) is 0 Å². The van der Waals surface area contributed by atoms with E-state index in [1.54, 1.807) is 0 Å². The van der Waals surface area contributed by atoms with Gasteiger partial charge in [0.2, 0.25) is 5.91 Å². The van der Waals surface area contributed by atoms with E-state index in [2.05, 4.69) is 10.3 Å². The first-order chi connectivity index (χ1) is 10.0. The number of carbonyl (C=O) groups is 2. The molecule has 2 amide bonds. The molecule has 1 saturated heterocycles. The predicted octanol–water partition coefficient (Wildman–Crippen LogP) is 1.10. The van der Waals surface area contributed by atoms with Gasteiger partial charge >= 0.3 is 0 Å². The van der Waals surface area contributed by atoms with Gasteiger partial charge in [-0.25, -0.2) is 13.8 Å². The van der Waals surface area contributed by atoms with Crippen LogP contribution in [-0.4, -0.2) is 40.8 Å². The van der Waals surface area contributed by atoms with Crippen molar-refractivity contribution < 1.29 is 18.4 Å². The normalized spacial score (nSPS) is 21.7. The van der Waals surface area contributed by atoms with Crippen LogP contribution < -0.4 is 5.32 Å². The number of pyridine rings is 1. The molecule has 5 nitrogen and oxygen atoms in total. The topological polar surface area (TPSA) is 62.3 Å². The molecule has 21 heavy (non-hydrogen) atoms. The number of hydrogen-bond donors (Lipinski definition) is 1. The second kappa shape index (κ2) is 5.38. The molecule has 112 valence electrons. The highest BCUT2D eigenvalue weighted by Crippen LogP contribution is 2.32. The zero-order valence-corrected chi connectivity index (χ0v) is 11.3. The third-order valence-corrected chi connectivity index (χ3v) is 3.80. The lowest BCUT2D eigenvalue weighted by molar-refractivity contribution is -0.128. The van der Waals surface area contributed by atoms with E-state index in [-0.39, 0.29) is 18.4 Å². The molecule has 1 aliphatic carbocycles. The predicted molar refractivity (Wildman–Crippen MR) is 69.3 cm³/mol. The van der Waals surface area contributed by atoms with Crippen LogP contribution in [0.5, 0.6) is 0 Å². The summed E-state index contributed by atoms with van der Waals surface area (Å²) in [5.41, 5.74) is -0.431. The quantitative estimate of drug-likeness (QED) is 0.905. The molecule has 0 unspecified atom stereocenters. The Morgan fingerprint density at radius 1 is 1.43 bits per heavy atom. The third-order valence-electron chi connectivity index (χ3n) is 3.80. The number of hydrogen-bond acceptors (Lipinski definition) is 3. The number of nitrogens with zero attached hydrogens (tertiary/aromatic N) is 2. The molecule has 1 aromatic rings. The number of halogens is 2. The van der Waals surface area contributed by atoms with Crippen LogP contribution in [0.25, 0.3) is 0 Å². The maximum atomic E-state index is 13.4. The summed E-state index contributed by atoms with van der Waals surface area (Å²) in [6, 6.07) is 0.991. The molecule has 3 rings (SSSR count). The van der Waals surface area contributed by atoms with E-state index in [1.807, 2.05) is 4.90 Å². The van der Waals surface area contributed by atoms with Gasteiger partial charge in [-0.3, -0.25) is 9.59 Å². The Balaban J connectivity index is 1.55. The smallest absolute Gasteiger partial charge is 0.272 e. The minimum Gasteiger partial charge on any atom is -0.350 e. The van der Waals surface area contributed by atoms with E-state index < -0.39 is 23.2 Å². The van der Waals surface area contributed by atoms with Gasteiger partial charge < -0.3 is 10.2 Å². The SMILES string of the molecule is O=C(NC[C@@H]1CC(=O)N(C2CC2)C1)c1ncc(F)cc1F. The number of rotatable bonds is 4. The number of likely N-dealkylation sites (tertiary alicyclic amines) is 1. The van der Waals surface area contributed by atoms with Crippen LogP contribution in [0, 0.1) is 17.6 Å². The molecule has 1 aromatic heterocycles. The van der Waals surface area contributed by atoms with E-state index in [0.29, 0.717) is 25.1 Å². The van der Waals surface area contributed by atoms with Crippen LogP contribution in [0.1, 0.15) is 29.8 Å². The summed E-state index contributed by atoms with van der Waals surface area (Å²) in [5, 5.41) is 2.56. The van der Waals surface area contributed by atoms with Gasteiger partial charge in [-0.05, 0) is 12.8 Å². The van der Waals surface area contributed by atoms with Crippen molar-refractivity contribution in [1.82, 2.24) is 15.2 Å². The van der Waals surface area contributed by atoms with Crippen molar-refractivity contribution in [2.45, 2.75) is 25.3 Å². The van der Waals surface area contributed by atoms with Gasteiger partial charge in [-0.15, -0.1) is 0 Å². The Morgan fingerprint density at radius 2 is 2.19 bits per heavy atom. The Morgan fingerprint density at radius 3 is 2.86 bits per heavy atom. The van der Waals surface area contributed by atoms with Gasteiger partial charge in [0.05, 0.1) is 6.20 Å². The van der Waals surface area contributed by atoms with Gasteiger partial charge in [0, 0.05) is 37.5 Å². The lowest BCUT2D eigenvalue weighted by Crippen LogP contribution is -2.32. The molecule has 2 fully saturated rings. The second-order valence-electron chi connectivity index (χ2n) is 5.54. The minimum atomic E-state index is -0.991. The molecule has 0 aromatic carbocycles. The molecule has 2 heterocycles. The highest BCUT2D eigenvalue weighted by Gasteiger charge is 2.39. The zero-order chi connectivity index (χ0) is 15.0. The first-order valence-corrected chi connectivity index (χ1v) is 6.93. The summed E-state index contributed by atoms with van der Waals surface area (Å²) in [5.74, 6) is -2.36. The first kappa shape index (κ1) is 13.9. The average molecular weight is 295 g/mol. The summed E-state index contributed by atoms with van der Waals surface area (Å²) in [6.45, 7) is 0.912. The van der Waals surface area contributed by atoms with Crippen LogP contribution >= 0.6 is 0 Å². The van der Waals surface area contributed by atoms with Crippen molar-refractivity contribution in [1.29, 1.82) is 0 Å². The molecule has 7 heteroatoms. The van der Waals surface area contributed by atoms with Crippen LogP contribution in [-0.2, 0) is 4.79 Å². The van der Waals surface area contributed by atoms with Gasteiger partial charge in [0.1, 0.15) is 5.82 Å². The van der Waals surface area contributed by atoms with Gasteiger partial charge in [-0.1, -0.05) is 0 Å². The number of aromatic nitrogens is 1. The van der Waals surface area contributed by atoms with Crippen molar-refractivity contribution in [3.8, 4) is 0 Å². The zero-order valence-electron chi connectivity index (χ0n) is 11.3. The standard InChI is InChI=1S/C14H15F2N3O2/c15-9-4-11(16)13(17-6-9)14(21)18-5-8-3-12(20)19(7-8)10-1-2-10/h4,6,8,10H,1-3,5,7H2,(H,18,21)/t8-/m0/s1. The van der Waals surface area contributed by atoms with E-state index in [9.17, 15) is 18.4 Å². The Labute approximate surface area is 120 Å². The maximum Gasteiger partial charge on any atom is 0.272 e. The minimum absolute atomic E-state index is 0.0329. The molecule has 0 spiro atoms. The Bertz CT molecular complexity index is 590. The van der Waals surface area contributed by atoms with E-state index in [1.165, 1.54) is 0 Å². The molecule has 2 aliphatic rings. The highest BCUT2D eigenvalue weighted by molar-refractivity contribution is 5.92. The fourth-order valence-corrected chi connectivity index (χ4v) is 2.59. The second-order valence-corrected chi connectivity index (χ2v) is 5.54. The highest BCUT2D eigenvalue weighted by atomic mass is 19.1. The molecule has 0 bridgehead atoms. The van der Waals surface area contributed by atoms with E-state index >= 15 is 0 Å². The molecule has 1 aliphatic heterocycles. The third kappa shape index (κ3) is 3.01. The van der Waals surface area contributed by atoms with E-state index in [4.69, 9.17) is 0 Å². The van der Waals surface area contributed by atoms with Gasteiger partial charge in [0.25, 0.3) is 5.91 Å². The fraction of sp³-hybridized carbons (Fsp3) is 0.500. The van der Waals surface area contributed by atoms with Crippen molar-refractivity contribution in [3.05, 3.63) is 29.6 Å². The maximum absolute atomic E-state index is 13.4. The lowest BCUT2D eigenvalue weighted by Gasteiger charge is -2.15. The summed E-state index contributed by atoms with van der Waals surface area (Å²) in [7, 11) is 0. The molecule has 1 saturated carbocycles. The molecule has 0 radical (unpaired) electrons. The van der Waals surface area contributed by atoms with Crippen LogP contribution in [0.2, 0.25) is 0 Å². The van der Waals surface area contributed by atoms with Crippen LogP contribution in [0.3, 0.4) is 0 Å². The monoisotopic (exact) mass is 295 g/mol. The molecular weight excluding hydrogens is 280 g/mol. The Hall–Kier alpha value is -2.05. The van der Waals surface area contributed by atoms with Crippen molar-refractivity contribution in [2.75, 3.05) is 13.1 Å². The first-order valence-electron chi connectivity index (χ1n) is 6.93. The fourth-order valence-electron chi connectivity index (χ4n) is 2.59. The van der Waals surface area contributed by atoms with Crippen LogP contribution in [0.4, 0.5) is 8.78 Å². The molecule has 1 atom stereocenters. The van der Waals surface area contributed by atoms with Crippen LogP contribution in [0.15, 0.2) is 12.3 Å². The van der Waals surface area contributed by atoms with Crippen molar-refractivity contribution in [2.24, 2.45) is 5.92 Å². The largest absolute Gasteiger partial charge is 0.350 e. The molecule has 1 N–H and O–H groups in total. The number of carbonyl (C=O) groups excluding carboxylic acids is 2. The average Bonchev–Trinajstić information content (AvgIpc) is 3.20. The van der Waals surface area contributed by atoms with Gasteiger partial charge in [-0.2, -0.15) is 0 Å².